The summed E-state index contributed by atoms with van der Waals surface area (Å²) in [6, 6.07) is 2.65. The molecule has 0 unspecified atom stereocenters. The van der Waals surface area contributed by atoms with E-state index >= 15 is 0 Å². The van der Waals surface area contributed by atoms with Gasteiger partial charge in [0.1, 0.15) is 10.6 Å². The summed E-state index contributed by atoms with van der Waals surface area (Å²) in [5.74, 6) is 1.78. The minimum absolute atomic E-state index is 0.435. The highest BCUT2D eigenvalue weighted by atomic mass is 32.1. The van der Waals surface area contributed by atoms with Crippen molar-refractivity contribution in [2.75, 3.05) is 23.8 Å². The number of rotatable bonds is 7. The summed E-state index contributed by atoms with van der Waals surface area (Å²) in [4.78, 5) is 14.1. The van der Waals surface area contributed by atoms with E-state index in [0.717, 1.165) is 17.2 Å². The Morgan fingerprint density at radius 1 is 1.29 bits per heavy atom. The van der Waals surface area contributed by atoms with Crippen LogP contribution < -0.4 is 10.2 Å². The normalized spacial score (nSPS) is 11.3. The number of nitrogens with one attached hydrogen (secondary N) is 1. The third kappa shape index (κ3) is 3.64. The van der Waals surface area contributed by atoms with Crippen molar-refractivity contribution in [1.82, 2.24) is 9.97 Å². The minimum Gasteiger partial charge on any atom is -0.357 e. The Morgan fingerprint density at radius 3 is 2.67 bits per heavy atom. The van der Waals surface area contributed by atoms with Gasteiger partial charge in [-0.25, -0.2) is 4.98 Å². The van der Waals surface area contributed by atoms with Gasteiger partial charge in [-0.15, -0.1) is 11.3 Å². The maximum absolute atomic E-state index is 4.74. The first-order chi connectivity index (χ1) is 10.1. The lowest BCUT2D eigenvalue weighted by Crippen LogP contribution is -2.32. The fourth-order valence-electron chi connectivity index (χ4n) is 2.50. The van der Waals surface area contributed by atoms with Crippen molar-refractivity contribution >= 4 is 33.3 Å². The van der Waals surface area contributed by atoms with E-state index in [9.17, 15) is 0 Å². The summed E-state index contributed by atoms with van der Waals surface area (Å²) in [5, 5.41) is 4.27. The number of thiophene rings is 1. The summed E-state index contributed by atoms with van der Waals surface area (Å²) in [5.41, 5.74) is 0. The molecule has 4 nitrogen and oxygen atoms in total. The van der Waals surface area contributed by atoms with E-state index in [0.29, 0.717) is 12.0 Å². The average Bonchev–Trinajstić information content (AvgIpc) is 2.82. The van der Waals surface area contributed by atoms with Gasteiger partial charge in [-0.05, 0) is 33.3 Å². The largest absolute Gasteiger partial charge is 0.357 e. The van der Waals surface area contributed by atoms with Gasteiger partial charge in [-0.3, -0.25) is 0 Å². The zero-order valence-corrected chi connectivity index (χ0v) is 14.5. The molecule has 2 aromatic rings. The molecule has 21 heavy (non-hydrogen) atoms. The number of hydrogen-bond acceptors (Lipinski definition) is 5. The molecule has 0 spiro atoms. The van der Waals surface area contributed by atoms with Crippen LogP contribution in [0.15, 0.2) is 6.07 Å². The first kappa shape index (κ1) is 16.0. The van der Waals surface area contributed by atoms with E-state index in [4.69, 9.17) is 4.98 Å². The highest BCUT2D eigenvalue weighted by Crippen LogP contribution is 2.32. The number of anilines is 2. The predicted octanol–water partition coefficient (Wildman–Crippen LogP) is 4.45. The second-order valence-corrected chi connectivity index (χ2v) is 6.93. The van der Waals surface area contributed by atoms with Gasteiger partial charge in [0.15, 0.2) is 0 Å². The van der Waals surface area contributed by atoms with Crippen molar-refractivity contribution in [3.63, 3.8) is 0 Å². The first-order valence-corrected chi connectivity index (χ1v) is 8.61. The van der Waals surface area contributed by atoms with Crippen molar-refractivity contribution in [2.24, 2.45) is 0 Å². The van der Waals surface area contributed by atoms with Crippen LogP contribution in [0.1, 0.15) is 44.9 Å². The molecule has 0 atom stereocenters. The lowest BCUT2D eigenvalue weighted by molar-refractivity contribution is 0.621. The van der Waals surface area contributed by atoms with Crippen LogP contribution in [-0.4, -0.2) is 29.6 Å². The fourth-order valence-corrected chi connectivity index (χ4v) is 3.37. The van der Waals surface area contributed by atoms with Crippen LogP contribution in [-0.2, 0) is 0 Å². The Morgan fingerprint density at radius 2 is 2.05 bits per heavy atom. The van der Waals surface area contributed by atoms with Gasteiger partial charge in [-0.2, -0.15) is 4.98 Å². The van der Waals surface area contributed by atoms with Crippen LogP contribution in [0, 0.1) is 6.92 Å². The molecule has 0 aliphatic heterocycles. The molecule has 2 heterocycles. The zero-order valence-electron chi connectivity index (χ0n) is 13.7. The minimum atomic E-state index is 0.435. The van der Waals surface area contributed by atoms with Crippen molar-refractivity contribution in [2.45, 2.75) is 53.0 Å². The summed E-state index contributed by atoms with van der Waals surface area (Å²) < 4.78 is 0. The van der Waals surface area contributed by atoms with Gasteiger partial charge in [0, 0.05) is 24.5 Å². The van der Waals surface area contributed by atoms with Crippen LogP contribution in [0.4, 0.5) is 11.8 Å². The third-order valence-corrected chi connectivity index (χ3v) is 4.56. The number of aryl methyl sites for hydroxylation is 1. The molecule has 0 saturated heterocycles. The van der Waals surface area contributed by atoms with Crippen molar-refractivity contribution in [1.29, 1.82) is 0 Å². The Kier molecular flexibility index (Phi) is 5.39. The van der Waals surface area contributed by atoms with Crippen LogP contribution in [0.3, 0.4) is 0 Å². The molecule has 0 aliphatic rings. The molecule has 2 rings (SSSR count). The number of hydrogen-bond donors (Lipinski definition) is 1. The van der Waals surface area contributed by atoms with Gasteiger partial charge in [0.2, 0.25) is 5.95 Å². The summed E-state index contributed by atoms with van der Waals surface area (Å²) >= 11 is 1.74. The molecular weight excluding hydrogens is 280 g/mol. The zero-order chi connectivity index (χ0) is 15.4. The van der Waals surface area contributed by atoms with Crippen molar-refractivity contribution in [3.8, 4) is 0 Å². The van der Waals surface area contributed by atoms with E-state index in [2.05, 4.69) is 49.0 Å². The highest BCUT2D eigenvalue weighted by molar-refractivity contribution is 7.18. The topological polar surface area (TPSA) is 41.1 Å². The van der Waals surface area contributed by atoms with E-state index in [1.54, 1.807) is 11.3 Å². The number of fused-ring (bicyclic) bond motifs is 1. The smallest absolute Gasteiger partial charge is 0.225 e. The summed E-state index contributed by atoms with van der Waals surface area (Å²) in [7, 11) is 1.88. The lowest BCUT2D eigenvalue weighted by Gasteiger charge is -2.28. The van der Waals surface area contributed by atoms with E-state index in [1.807, 2.05) is 7.05 Å². The second-order valence-electron chi connectivity index (χ2n) is 5.69. The molecule has 116 valence electrons. The highest BCUT2D eigenvalue weighted by Gasteiger charge is 2.18. The van der Waals surface area contributed by atoms with E-state index in [1.165, 1.54) is 29.5 Å². The monoisotopic (exact) mass is 306 g/mol. The van der Waals surface area contributed by atoms with Gasteiger partial charge < -0.3 is 10.2 Å². The quantitative estimate of drug-likeness (QED) is 0.767. The van der Waals surface area contributed by atoms with Crippen molar-refractivity contribution < 1.29 is 0 Å². The molecule has 0 amide bonds. The Balaban J connectivity index is 2.44. The van der Waals surface area contributed by atoms with Crippen LogP contribution in [0.5, 0.6) is 0 Å². The first-order valence-electron chi connectivity index (χ1n) is 7.79. The molecule has 0 fully saturated rings. The number of nitrogens with zero attached hydrogens (tertiary/aromatic N) is 3. The second kappa shape index (κ2) is 7.07. The number of unbranched alkanes of at least 4 members (excludes halogenated alkanes) is 2. The standard InChI is InChI=1S/C16H26N4S/c1-6-7-8-9-20(11(2)3)14-13-10-12(4)21-15(13)19-16(17-5)18-14/h10-11H,6-9H2,1-5H3,(H,17,18,19). The number of aromatic nitrogens is 2. The van der Waals surface area contributed by atoms with Gasteiger partial charge in [-0.1, -0.05) is 19.8 Å². The molecule has 0 bridgehead atoms. The molecule has 2 aromatic heterocycles. The molecular formula is C16H26N4S. The van der Waals surface area contributed by atoms with Crippen LogP contribution in [0.25, 0.3) is 10.2 Å². The molecule has 0 aliphatic carbocycles. The SMILES string of the molecule is CCCCCN(c1nc(NC)nc2sc(C)cc12)C(C)C. The fraction of sp³-hybridized carbons (Fsp3) is 0.625. The molecule has 5 heteroatoms. The maximum Gasteiger partial charge on any atom is 0.225 e. The maximum atomic E-state index is 4.74. The van der Waals surface area contributed by atoms with Crippen LogP contribution in [0.2, 0.25) is 0 Å². The third-order valence-electron chi connectivity index (χ3n) is 3.62. The van der Waals surface area contributed by atoms with Gasteiger partial charge >= 0.3 is 0 Å². The Hall–Kier alpha value is -1.36. The molecule has 0 aromatic carbocycles. The molecule has 0 radical (unpaired) electrons. The average molecular weight is 306 g/mol. The van der Waals surface area contributed by atoms with Gasteiger partial charge in [0.05, 0.1) is 5.39 Å². The van der Waals surface area contributed by atoms with E-state index < -0.39 is 0 Å². The predicted molar refractivity (Wildman–Crippen MR) is 93.7 cm³/mol. The Bertz CT molecular complexity index is 591. The molecule has 0 saturated carbocycles. The summed E-state index contributed by atoms with van der Waals surface area (Å²) in [6.45, 7) is 9.89. The Labute approximate surface area is 131 Å². The van der Waals surface area contributed by atoms with Crippen LogP contribution >= 0.6 is 11.3 Å². The van der Waals surface area contributed by atoms with Gasteiger partial charge in [0.25, 0.3) is 0 Å². The lowest BCUT2D eigenvalue weighted by atomic mass is 10.2. The molecule has 1 N–H and O–H groups in total. The summed E-state index contributed by atoms with van der Waals surface area (Å²) in [6.07, 6.45) is 3.71. The van der Waals surface area contributed by atoms with E-state index in [-0.39, 0.29) is 0 Å². The van der Waals surface area contributed by atoms with Crippen molar-refractivity contribution in [3.05, 3.63) is 10.9 Å².